The molecule has 4 nitrogen and oxygen atoms in total. The molecule has 6 heteroatoms. The lowest BCUT2D eigenvalue weighted by Gasteiger charge is -2.24. The van der Waals surface area contributed by atoms with E-state index in [9.17, 15) is 9.59 Å². The van der Waals surface area contributed by atoms with Crippen LogP contribution in [0.15, 0.2) is 30.3 Å². The molecule has 1 fully saturated rings. The molecule has 0 N–H and O–H groups in total. The van der Waals surface area contributed by atoms with E-state index in [2.05, 4.69) is 31.9 Å². The van der Waals surface area contributed by atoms with Crippen molar-refractivity contribution in [3.05, 3.63) is 35.9 Å². The summed E-state index contributed by atoms with van der Waals surface area (Å²) in [4.78, 5) is 27.4. The van der Waals surface area contributed by atoms with Gasteiger partial charge < -0.3 is 4.90 Å². The van der Waals surface area contributed by atoms with Crippen LogP contribution in [0.5, 0.6) is 0 Å². The predicted molar refractivity (Wildman–Crippen MR) is 80.3 cm³/mol. The first-order chi connectivity index (χ1) is 8.95. The largest absolute Gasteiger partial charge is 0.327 e. The van der Waals surface area contributed by atoms with Gasteiger partial charge in [-0.05, 0) is 12.5 Å². The highest BCUT2D eigenvalue weighted by atomic mass is 79.9. The third kappa shape index (κ3) is 2.56. The normalized spacial score (nSPS) is 23.3. The number of imide groups is 1. The van der Waals surface area contributed by atoms with E-state index in [0.29, 0.717) is 0 Å². The van der Waals surface area contributed by atoms with E-state index < -0.39 is 3.74 Å². The molecule has 0 bridgehead atoms. The van der Waals surface area contributed by atoms with Gasteiger partial charge in [-0.2, -0.15) is 0 Å². The lowest BCUT2D eigenvalue weighted by molar-refractivity contribution is -0.127. The highest BCUT2D eigenvalue weighted by molar-refractivity contribution is 9.25. The van der Waals surface area contributed by atoms with Crippen molar-refractivity contribution in [1.82, 2.24) is 9.80 Å². The number of alkyl halides is 2. The molecule has 1 aromatic rings. The van der Waals surface area contributed by atoms with Crippen molar-refractivity contribution in [2.24, 2.45) is 0 Å². The number of likely N-dealkylation sites (N-methyl/N-ethyl adjacent to an activating group) is 1. The van der Waals surface area contributed by atoms with E-state index in [1.807, 2.05) is 37.3 Å². The Kier molecular flexibility index (Phi) is 4.30. The highest BCUT2D eigenvalue weighted by Gasteiger charge is 2.46. The molecule has 1 aliphatic rings. The van der Waals surface area contributed by atoms with Crippen LogP contribution in [-0.2, 0) is 4.79 Å². The van der Waals surface area contributed by atoms with E-state index in [1.54, 1.807) is 11.9 Å². The van der Waals surface area contributed by atoms with Crippen LogP contribution in [0, 0.1) is 0 Å². The fourth-order valence-corrected chi connectivity index (χ4v) is 2.75. The van der Waals surface area contributed by atoms with Gasteiger partial charge in [-0.1, -0.05) is 62.2 Å². The summed E-state index contributed by atoms with van der Waals surface area (Å²) in [7, 11) is 1.72. The average Bonchev–Trinajstić information content (AvgIpc) is 2.63. The molecule has 19 heavy (non-hydrogen) atoms. The number of hydrogen-bond donors (Lipinski definition) is 0. The molecule has 2 rings (SSSR count). The maximum atomic E-state index is 12.2. The van der Waals surface area contributed by atoms with Crippen molar-refractivity contribution in [3.63, 3.8) is 0 Å². The van der Waals surface area contributed by atoms with Crippen LogP contribution >= 0.6 is 31.9 Å². The van der Waals surface area contributed by atoms with Crippen LogP contribution in [0.1, 0.15) is 18.5 Å². The molecular formula is C13H14Br2N2O2. The lowest BCUT2D eigenvalue weighted by atomic mass is 10.0. The van der Waals surface area contributed by atoms with Crippen molar-refractivity contribution >= 4 is 43.8 Å². The molecule has 0 unspecified atom stereocenters. The number of nitrogens with zero attached hydrogens (tertiary/aromatic N) is 2. The predicted octanol–water partition coefficient (Wildman–Crippen LogP) is 3.13. The van der Waals surface area contributed by atoms with E-state index in [-0.39, 0.29) is 24.0 Å². The fraction of sp³-hybridized carbons (Fsp3) is 0.385. The van der Waals surface area contributed by atoms with E-state index >= 15 is 0 Å². The highest BCUT2D eigenvalue weighted by Crippen LogP contribution is 2.35. The molecule has 0 aliphatic carbocycles. The van der Waals surface area contributed by atoms with Gasteiger partial charge in [0.25, 0.3) is 5.91 Å². The Bertz CT molecular complexity index is 485. The molecule has 3 amide bonds. The van der Waals surface area contributed by atoms with Crippen LogP contribution in [0.25, 0.3) is 0 Å². The summed E-state index contributed by atoms with van der Waals surface area (Å²) < 4.78 is -0.561. The average molecular weight is 390 g/mol. The van der Waals surface area contributed by atoms with Crippen LogP contribution in [0.4, 0.5) is 4.79 Å². The van der Waals surface area contributed by atoms with Crippen molar-refractivity contribution in [2.45, 2.75) is 22.7 Å². The third-order valence-corrected chi connectivity index (χ3v) is 4.20. The molecule has 0 aromatic heterocycles. The maximum Gasteiger partial charge on any atom is 0.327 e. The van der Waals surface area contributed by atoms with E-state index in [1.165, 1.54) is 4.90 Å². The maximum absolute atomic E-state index is 12.2. The van der Waals surface area contributed by atoms with Gasteiger partial charge in [0, 0.05) is 7.05 Å². The second kappa shape index (κ2) is 5.63. The number of amides is 3. The zero-order chi connectivity index (χ0) is 14.2. The number of carbonyl (C=O) groups is 2. The number of benzene rings is 1. The number of carbonyl (C=O) groups excluding carboxylic acids is 2. The molecule has 0 radical (unpaired) electrons. The second-order valence-corrected chi connectivity index (χ2v) is 7.56. The van der Waals surface area contributed by atoms with Crippen molar-refractivity contribution in [2.75, 3.05) is 7.05 Å². The Morgan fingerprint density at radius 3 is 2.37 bits per heavy atom. The van der Waals surface area contributed by atoms with Crippen molar-refractivity contribution in [1.29, 1.82) is 0 Å². The summed E-state index contributed by atoms with van der Waals surface area (Å²) in [5.41, 5.74) is 0.960. The fourth-order valence-electron chi connectivity index (χ4n) is 2.30. The number of hydrogen-bond acceptors (Lipinski definition) is 2. The molecular weight excluding hydrogens is 376 g/mol. The molecule has 0 spiro atoms. The first-order valence-electron chi connectivity index (χ1n) is 5.88. The zero-order valence-electron chi connectivity index (χ0n) is 10.6. The monoisotopic (exact) mass is 388 g/mol. The zero-order valence-corrected chi connectivity index (χ0v) is 13.8. The summed E-state index contributed by atoms with van der Waals surface area (Å²) in [6.07, 6.45) is 0. The summed E-state index contributed by atoms with van der Waals surface area (Å²) in [5.74, 6) is -0.282. The summed E-state index contributed by atoms with van der Waals surface area (Å²) in [6, 6.07) is 9.02. The second-order valence-electron chi connectivity index (χ2n) is 4.50. The number of rotatable bonds is 2. The molecule has 1 saturated heterocycles. The molecule has 2 atom stereocenters. The first-order valence-corrected chi connectivity index (χ1v) is 7.71. The van der Waals surface area contributed by atoms with Gasteiger partial charge in [0.05, 0.1) is 12.1 Å². The van der Waals surface area contributed by atoms with Crippen molar-refractivity contribution < 1.29 is 9.59 Å². The quantitative estimate of drug-likeness (QED) is 0.729. The Morgan fingerprint density at radius 2 is 1.84 bits per heavy atom. The van der Waals surface area contributed by atoms with Crippen LogP contribution in [-0.4, -0.2) is 38.6 Å². The Labute approximate surface area is 129 Å². The third-order valence-electron chi connectivity index (χ3n) is 3.42. The van der Waals surface area contributed by atoms with E-state index in [4.69, 9.17) is 0 Å². The summed E-state index contributed by atoms with van der Waals surface area (Å²) in [6.45, 7) is 1.94. The van der Waals surface area contributed by atoms with Gasteiger partial charge in [-0.3, -0.25) is 9.69 Å². The minimum Gasteiger partial charge on any atom is -0.322 e. The standard InChI is InChI=1S/C13H14Br2N2O2/c1-8-10(9-6-4-3-5-7-9)17(12(18)11(14)15)13(19)16(8)2/h3-8,10-11H,1-2H3/t8-,10-/m0/s1. The number of urea groups is 1. The topological polar surface area (TPSA) is 40.6 Å². The van der Waals surface area contributed by atoms with Gasteiger partial charge in [-0.15, -0.1) is 0 Å². The molecule has 1 heterocycles. The Hall–Kier alpha value is -0.880. The van der Waals surface area contributed by atoms with Gasteiger partial charge in [0.2, 0.25) is 0 Å². The minimum absolute atomic E-state index is 0.0578. The molecule has 1 aliphatic heterocycles. The number of halogens is 2. The van der Waals surface area contributed by atoms with Gasteiger partial charge in [0.15, 0.2) is 0 Å². The Morgan fingerprint density at radius 1 is 1.26 bits per heavy atom. The van der Waals surface area contributed by atoms with Crippen LogP contribution in [0.3, 0.4) is 0 Å². The van der Waals surface area contributed by atoms with Gasteiger partial charge >= 0.3 is 6.03 Å². The van der Waals surface area contributed by atoms with Gasteiger partial charge in [-0.25, -0.2) is 4.79 Å². The van der Waals surface area contributed by atoms with E-state index in [0.717, 1.165) is 5.56 Å². The van der Waals surface area contributed by atoms with Crippen LogP contribution < -0.4 is 0 Å². The Balaban J connectivity index is 2.43. The van der Waals surface area contributed by atoms with Crippen molar-refractivity contribution in [3.8, 4) is 0 Å². The lowest BCUT2D eigenvalue weighted by Crippen LogP contribution is -2.39. The van der Waals surface area contributed by atoms with Crippen LogP contribution in [0.2, 0.25) is 0 Å². The molecule has 0 saturated carbocycles. The summed E-state index contributed by atoms with van der Waals surface area (Å²) in [5, 5.41) is 0. The summed E-state index contributed by atoms with van der Waals surface area (Å²) >= 11 is 6.34. The van der Waals surface area contributed by atoms with Gasteiger partial charge in [0.1, 0.15) is 3.74 Å². The smallest absolute Gasteiger partial charge is 0.322 e. The SMILES string of the molecule is C[C@H]1[C@@H](c2ccccc2)N(C(=O)C(Br)Br)C(=O)N1C. The first kappa shape index (κ1) is 14.5. The molecule has 102 valence electrons. The minimum atomic E-state index is -0.561. The molecule has 1 aromatic carbocycles.